The third-order valence-electron chi connectivity index (χ3n) is 4.11. The van der Waals surface area contributed by atoms with Crippen LogP contribution in [0.5, 0.6) is 0 Å². The predicted molar refractivity (Wildman–Crippen MR) is 95.3 cm³/mol. The van der Waals surface area contributed by atoms with E-state index in [0.29, 0.717) is 24.8 Å². The molecule has 1 saturated heterocycles. The van der Waals surface area contributed by atoms with Crippen LogP contribution in [0.2, 0.25) is 0 Å². The Kier molecular flexibility index (Phi) is 5.44. The van der Waals surface area contributed by atoms with Crippen LogP contribution in [0.25, 0.3) is 0 Å². The van der Waals surface area contributed by atoms with Crippen molar-refractivity contribution in [2.45, 2.75) is 13.0 Å². The number of carbonyl (C=O) groups is 1. The van der Waals surface area contributed by atoms with Crippen molar-refractivity contribution in [1.29, 1.82) is 0 Å². The average Bonchev–Trinajstić information content (AvgIpc) is 3.01. The first-order valence-electron chi connectivity index (χ1n) is 8.05. The van der Waals surface area contributed by atoms with Gasteiger partial charge in [-0.3, -0.25) is 10.2 Å². The van der Waals surface area contributed by atoms with Gasteiger partial charge < -0.3 is 10.0 Å². The maximum atomic E-state index is 12.2. The Hall–Kier alpha value is -1.96. The zero-order chi connectivity index (χ0) is 16.9. The van der Waals surface area contributed by atoms with Crippen LogP contribution in [-0.4, -0.2) is 58.6 Å². The summed E-state index contributed by atoms with van der Waals surface area (Å²) in [5.74, 6) is 0. The molecule has 3 rings (SSSR count). The molecule has 1 aliphatic heterocycles. The molecule has 128 valence electrons. The van der Waals surface area contributed by atoms with Gasteiger partial charge in [-0.2, -0.15) is 0 Å². The first-order chi connectivity index (χ1) is 11.6. The van der Waals surface area contributed by atoms with Gasteiger partial charge in [-0.05, 0) is 12.5 Å². The summed E-state index contributed by atoms with van der Waals surface area (Å²) < 4.78 is 0. The van der Waals surface area contributed by atoms with Gasteiger partial charge in [0.15, 0.2) is 5.13 Å². The number of amides is 2. The molecule has 24 heavy (non-hydrogen) atoms. The standard InChI is InChI=1S/C17H22N4O2S/c1-13-11-18-16(24-13)19-17(23)21-9-7-20(8-10-21)12-15(22)14-5-3-2-4-6-14/h2-6,11,15,22H,7-10,12H2,1H3,(H,18,19,23)/t15-/m1/s1. The van der Waals surface area contributed by atoms with Crippen molar-refractivity contribution in [1.82, 2.24) is 14.8 Å². The predicted octanol–water partition coefficient (Wildman–Crippen LogP) is 2.33. The second-order valence-electron chi connectivity index (χ2n) is 5.92. The van der Waals surface area contributed by atoms with Crippen molar-refractivity contribution >= 4 is 22.5 Å². The van der Waals surface area contributed by atoms with Gasteiger partial charge in [0.25, 0.3) is 0 Å². The van der Waals surface area contributed by atoms with Gasteiger partial charge in [-0.25, -0.2) is 9.78 Å². The third kappa shape index (κ3) is 4.31. The van der Waals surface area contributed by atoms with Crippen LogP contribution in [0.4, 0.5) is 9.93 Å². The van der Waals surface area contributed by atoms with Crippen molar-refractivity contribution in [3.05, 3.63) is 47.0 Å². The monoisotopic (exact) mass is 346 g/mol. The summed E-state index contributed by atoms with van der Waals surface area (Å²) in [5.41, 5.74) is 0.928. The molecule has 6 nitrogen and oxygen atoms in total. The Bertz CT molecular complexity index is 668. The number of benzene rings is 1. The van der Waals surface area contributed by atoms with Crippen LogP contribution < -0.4 is 5.32 Å². The lowest BCUT2D eigenvalue weighted by Gasteiger charge is -2.35. The maximum Gasteiger partial charge on any atom is 0.323 e. The first kappa shape index (κ1) is 16.9. The fourth-order valence-electron chi connectivity index (χ4n) is 2.74. The summed E-state index contributed by atoms with van der Waals surface area (Å²) in [6.07, 6.45) is 1.26. The summed E-state index contributed by atoms with van der Waals surface area (Å²) in [5, 5.41) is 13.8. The lowest BCUT2D eigenvalue weighted by Crippen LogP contribution is -2.50. The number of carbonyl (C=O) groups excluding carboxylic acids is 1. The number of rotatable bonds is 4. The molecule has 1 aromatic heterocycles. The normalized spacial score (nSPS) is 16.8. The van der Waals surface area contributed by atoms with Crippen molar-refractivity contribution in [3.8, 4) is 0 Å². The lowest BCUT2D eigenvalue weighted by atomic mass is 10.1. The van der Waals surface area contributed by atoms with E-state index >= 15 is 0 Å². The Morgan fingerprint density at radius 1 is 1.29 bits per heavy atom. The van der Waals surface area contributed by atoms with Crippen LogP contribution in [-0.2, 0) is 0 Å². The quantitative estimate of drug-likeness (QED) is 0.892. The number of aliphatic hydroxyl groups excluding tert-OH is 1. The molecule has 0 radical (unpaired) electrons. The number of anilines is 1. The van der Waals surface area contributed by atoms with E-state index in [0.717, 1.165) is 23.5 Å². The van der Waals surface area contributed by atoms with Crippen molar-refractivity contribution in [2.75, 3.05) is 38.0 Å². The van der Waals surface area contributed by atoms with Gasteiger partial charge in [0.2, 0.25) is 0 Å². The number of nitrogens with one attached hydrogen (secondary N) is 1. The van der Waals surface area contributed by atoms with Gasteiger partial charge in [-0.1, -0.05) is 30.3 Å². The minimum Gasteiger partial charge on any atom is -0.387 e. The average molecular weight is 346 g/mol. The molecule has 0 unspecified atom stereocenters. The highest BCUT2D eigenvalue weighted by Gasteiger charge is 2.23. The molecular weight excluding hydrogens is 324 g/mol. The summed E-state index contributed by atoms with van der Waals surface area (Å²) >= 11 is 1.47. The van der Waals surface area contributed by atoms with Crippen molar-refractivity contribution < 1.29 is 9.90 Å². The molecule has 1 aliphatic rings. The zero-order valence-electron chi connectivity index (χ0n) is 13.7. The van der Waals surface area contributed by atoms with Gasteiger partial charge in [0.1, 0.15) is 0 Å². The van der Waals surface area contributed by atoms with Crippen LogP contribution in [0, 0.1) is 6.92 Å². The molecule has 0 bridgehead atoms. The van der Waals surface area contributed by atoms with Gasteiger partial charge in [-0.15, -0.1) is 11.3 Å². The molecular formula is C17H22N4O2S. The number of β-amino-alcohol motifs (C(OH)–C–C–N with tert-alkyl or cyclic N) is 1. The summed E-state index contributed by atoms with van der Waals surface area (Å²) in [6, 6.07) is 9.57. The van der Waals surface area contributed by atoms with Crippen molar-refractivity contribution in [3.63, 3.8) is 0 Å². The number of aromatic nitrogens is 1. The van der Waals surface area contributed by atoms with E-state index in [2.05, 4.69) is 15.2 Å². The fraction of sp³-hybridized carbons (Fsp3) is 0.412. The molecule has 1 atom stereocenters. The van der Waals surface area contributed by atoms with E-state index in [1.165, 1.54) is 11.3 Å². The van der Waals surface area contributed by atoms with Crippen LogP contribution >= 0.6 is 11.3 Å². The van der Waals surface area contributed by atoms with E-state index in [-0.39, 0.29) is 6.03 Å². The largest absolute Gasteiger partial charge is 0.387 e. The number of hydrogen-bond acceptors (Lipinski definition) is 5. The van der Waals surface area contributed by atoms with Gasteiger partial charge in [0, 0.05) is 43.8 Å². The van der Waals surface area contributed by atoms with Gasteiger partial charge in [0.05, 0.1) is 6.10 Å². The van der Waals surface area contributed by atoms with Crippen LogP contribution in [0.15, 0.2) is 36.5 Å². The van der Waals surface area contributed by atoms with E-state index in [4.69, 9.17) is 0 Å². The molecule has 1 aromatic carbocycles. The summed E-state index contributed by atoms with van der Waals surface area (Å²) in [6.45, 7) is 5.37. The molecule has 0 aliphatic carbocycles. The number of aryl methyl sites for hydroxylation is 1. The summed E-state index contributed by atoms with van der Waals surface area (Å²) in [7, 11) is 0. The smallest absolute Gasteiger partial charge is 0.323 e. The molecule has 2 aromatic rings. The van der Waals surface area contributed by atoms with Crippen LogP contribution in [0.3, 0.4) is 0 Å². The Labute approximate surface area is 145 Å². The topological polar surface area (TPSA) is 68.7 Å². The summed E-state index contributed by atoms with van der Waals surface area (Å²) in [4.78, 5) is 21.5. The number of nitrogens with zero attached hydrogens (tertiary/aromatic N) is 3. The molecule has 0 saturated carbocycles. The SMILES string of the molecule is Cc1cnc(NC(=O)N2CCN(C[C@@H](O)c3ccccc3)CC2)s1. The first-order valence-corrected chi connectivity index (χ1v) is 8.87. The van der Waals surface area contributed by atoms with E-state index in [1.807, 2.05) is 37.3 Å². The molecule has 2 heterocycles. The van der Waals surface area contributed by atoms with E-state index in [1.54, 1.807) is 11.1 Å². The molecule has 1 fully saturated rings. The number of piperazine rings is 1. The highest BCUT2D eigenvalue weighted by Crippen LogP contribution is 2.18. The highest BCUT2D eigenvalue weighted by molar-refractivity contribution is 7.15. The zero-order valence-corrected chi connectivity index (χ0v) is 14.5. The Morgan fingerprint density at radius 3 is 2.62 bits per heavy atom. The third-order valence-corrected chi connectivity index (χ3v) is 4.94. The number of aliphatic hydroxyl groups is 1. The van der Waals surface area contributed by atoms with Crippen LogP contribution in [0.1, 0.15) is 16.5 Å². The maximum absolute atomic E-state index is 12.2. The molecule has 0 spiro atoms. The molecule has 2 N–H and O–H groups in total. The Morgan fingerprint density at radius 2 is 2.00 bits per heavy atom. The minimum atomic E-state index is -0.495. The van der Waals surface area contributed by atoms with Crippen molar-refractivity contribution in [2.24, 2.45) is 0 Å². The van der Waals surface area contributed by atoms with Gasteiger partial charge >= 0.3 is 6.03 Å². The number of urea groups is 1. The van der Waals surface area contributed by atoms with E-state index < -0.39 is 6.10 Å². The number of thiazole rings is 1. The second kappa shape index (κ2) is 7.74. The molecule has 2 amide bonds. The Balaban J connectivity index is 1.46. The fourth-order valence-corrected chi connectivity index (χ4v) is 3.40. The van der Waals surface area contributed by atoms with E-state index in [9.17, 15) is 9.90 Å². The number of hydrogen-bond donors (Lipinski definition) is 2. The highest BCUT2D eigenvalue weighted by atomic mass is 32.1. The lowest BCUT2D eigenvalue weighted by molar-refractivity contribution is 0.0831. The molecule has 7 heteroatoms. The second-order valence-corrected chi connectivity index (χ2v) is 7.16. The minimum absolute atomic E-state index is 0.104.